The van der Waals surface area contributed by atoms with E-state index >= 15 is 0 Å². The predicted molar refractivity (Wildman–Crippen MR) is 92.1 cm³/mol. The van der Waals surface area contributed by atoms with Gasteiger partial charge in [0.2, 0.25) is 0 Å². The summed E-state index contributed by atoms with van der Waals surface area (Å²) in [4.78, 5) is 26.8. The highest BCUT2D eigenvalue weighted by Gasteiger charge is 2.38. The maximum Gasteiger partial charge on any atom is 0.411 e. The number of carbonyl (C=O) groups excluding carboxylic acids is 2. The summed E-state index contributed by atoms with van der Waals surface area (Å²) < 4.78 is 4.89. The molecule has 3 rings (SSSR count). The molecular weight excluding hydrogens is 306 g/mol. The van der Waals surface area contributed by atoms with Crippen molar-refractivity contribution >= 4 is 17.7 Å². The van der Waals surface area contributed by atoms with Gasteiger partial charge in [-0.2, -0.15) is 0 Å². The molecule has 0 saturated carbocycles. The van der Waals surface area contributed by atoms with Gasteiger partial charge < -0.3 is 15.0 Å². The van der Waals surface area contributed by atoms with E-state index in [1.165, 1.54) is 12.8 Å². The average molecular weight is 331 g/mol. The number of para-hydroxylation sites is 1. The SMILES string of the molecule is CCOC(=O)Nc1ccccc1C(=O)NC1C[C@H]2CC[C@@H](C1)N2C. The first-order chi connectivity index (χ1) is 11.6. The van der Waals surface area contributed by atoms with Crippen molar-refractivity contribution in [3.05, 3.63) is 29.8 Å². The van der Waals surface area contributed by atoms with E-state index in [4.69, 9.17) is 4.74 Å². The number of hydrogen-bond acceptors (Lipinski definition) is 4. The monoisotopic (exact) mass is 331 g/mol. The molecular formula is C18H25N3O3. The highest BCUT2D eigenvalue weighted by atomic mass is 16.5. The zero-order chi connectivity index (χ0) is 17.1. The second-order valence-corrected chi connectivity index (χ2v) is 6.58. The molecule has 3 atom stereocenters. The molecule has 1 aromatic carbocycles. The topological polar surface area (TPSA) is 70.7 Å². The zero-order valence-corrected chi connectivity index (χ0v) is 14.2. The Bertz CT molecular complexity index is 605. The molecule has 2 fully saturated rings. The Kier molecular flexibility index (Phi) is 5.04. The van der Waals surface area contributed by atoms with E-state index < -0.39 is 6.09 Å². The molecule has 2 amide bonds. The quantitative estimate of drug-likeness (QED) is 0.890. The molecule has 0 radical (unpaired) electrons. The van der Waals surface area contributed by atoms with E-state index in [2.05, 4.69) is 22.6 Å². The fourth-order valence-electron chi connectivity index (χ4n) is 3.86. The Morgan fingerprint density at radius 1 is 1.21 bits per heavy atom. The minimum Gasteiger partial charge on any atom is -0.450 e. The zero-order valence-electron chi connectivity index (χ0n) is 14.2. The maximum absolute atomic E-state index is 12.7. The van der Waals surface area contributed by atoms with Crippen molar-refractivity contribution in [1.82, 2.24) is 10.2 Å². The molecule has 2 bridgehead atoms. The third-order valence-electron chi connectivity index (χ3n) is 5.12. The molecule has 0 aromatic heterocycles. The van der Waals surface area contributed by atoms with Crippen LogP contribution < -0.4 is 10.6 Å². The Hall–Kier alpha value is -2.08. The lowest BCUT2D eigenvalue weighted by atomic mass is 9.97. The molecule has 0 spiro atoms. The molecule has 1 aromatic rings. The minimum absolute atomic E-state index is 0.142. The molecule has 1 unspecified atom stereocenters. The van der Waals surface area contributed by atoms with Gasteiger partial charge in [0.15, 0.2) is 0 Å². The van der Waals surface area contributed by atoms with Gasteiger partial charge in [-0.3, -0.25) is 10.1 Å². The highest BCUT2D eigenvalue weighted by Crippen LogP contribution is 2.34. The first-order valence-electron chi connectivity index (χ1n) is 8.64. The van der Waals surface area contributed by atoms with Crippen molar-refractivity contribution in [3.63, 3.8) is 0 Å². The van der Waals surface area contributed by atoms with E-state index in [1.54, 1.807) is 31.2 Å². The van der Waals surface area contributed by atoms with Crippen LogP contribution in [0.15, 0.2) is 24.3 Å². The number of anilines is 1. The normalized spacial score (nSPS) is 26.0. The number of piperidine rings is 1. The number of benzene rings is 1. The lowest BCUT2D eigenvalue weighted by Crippen LogP contribution is -2.48. The number of carbonyl (C=O) groups is 2. The second kappa shape index (κ2) is 7.21. The first-order valence-corrected chi connectivity index (χ1v) is 8.64. The Labute approximate surface area is 142 Å². The number of nitrogens with one attached hydrogen (secondary N) is 2. The standard InChI is InChI=1S/C18H25N3O3/c1-3-24-18(23)20-16-7-5-4-6-15(16)17(22)19-12-10-13-8-9-14(11-12)21(13)2/h4-7,12-14H,3,8-11H2,1-2H3,(H,19,22)(H,20,23)/t12?,13-,14+. The molecule has 6 heteroatoms. The average Bonchev–Trinajstić information content (AvgIpc) is 2.77. The van der Waals surface area contributed by atoms with Crippen molar-refractivity contribution in [1.29, 1.82) is 0 Å². The summed E-state index contributed by atoms with van der Waals surface area (Å²) >= 11 is 0. The first kappa shape index (κ1) is 16.8. The number of amides is 2. The van der Waals surface area contributed by atoms with Crippen LogP contribution in [0, 0.1) is 0 Å². The number of hydrogen-bond donors (Lipinski definition) is 2. The van der Waals surface area contributed by atoms with Gasteiger partial charge in [-0.1, -0.05) is 12.1 Å². The second-order valence-electron chi connectivity index (χ2n) is 6.58. The molecule has 2 heterocycles. The highest BCUT2D eigenvalue weighted by molar-refractivity contribution is 6.02. The lowest BCUT2D eigenvalue weighted by molar-refractivity contribution is 0.0883. The van der Waals surface area contributed by atoms with Crippen molar-refractivity contribution < 1.29 is 14.3 Å². The van der Waals surface area contributed by atoms with E-state index in [1.807, 2.05) is 0 Å². The third-order valence-corrected chi connectivity index (χ3v) is 5.12. The van der Waals surface area contributed by atoms with Crippen LogP contribution >= 0.6 is 0 Å². The van der Waals surface area contributed by atoms with Crippen molar-refractivity contribution in [2.75, 3.05) is 19.0 Å². The van der Waals surface area contributed by atoms with Crippen LogP contribution in [0.3, 0.4) is 0 Å². The smallest absolute Gasteiger partial charge is 0.411 e. The van der Waals surface area contributed by atoms with Gasteiger partial charge in [0, 0.05) is 18.1 Å². The fraction of sp³-hybridized carbons (Fsp3) is 0.556. The minimum atomic E-state index is -0.546. The van der Waals surface area contributed by atoms with Crippen LogP contribution in [0.5, 0.6) is 0 Å². The molecule has 130 valence electrons. The summed E-state index contributed by atoms with van der Waals surface area (Å²) in [5.74, 6) is -0.142. The predicted octanol–water partition coefficient (Wildman–Crippen LogP) is 2.61. The Balaban J connectivity index is 1.66. The lowest BCUT2D eigenvalue weighted by Gasteiger charge is -2.36. The summed E-state index contributed by atoms with van der Waals surface area (Å²) in [5.41, 5.74) is 0.946. The maximum atomic E-state index is 12.7. The van der Waals surface area contributed by atoms with Crippen LogP contribution in [-0.2, 0) is 4.74 Å². The Morgan fingerprint density at radius 2 is 1.88 bits per heavy atom. The summed E-state index contributed by atoms with van der Waals surface area (Å²) in [6.45, 7) is 2.03. The van der Waals surface area contributed by atoms with Crippen LogP contribution in [0.2, 0.25) is 0 Å². The number of ether oxygens (including phenoxy) is 1. The van der Waals surface area contributed by atoms with Gasteiger partial charge in [-0.25, -0.2) is 4.79 Å². The number of rotatable bonds is 4. The summed E-state index contributed by atoms with van der Waals surface area (Å²) in [7, 11) is 2.18. The number of nitrogens with zero attached hydrogens (tertiary/aromatic N) is 1. The van der Waals surface area contributed by atoms with Gasteiger partial charge in [0.25, 0.3) is 5.91 Å². The molecule has 6 nitrogen and oxygen atoms in total. The largest absolute Gasteiger partial charge is 0.450 e. The van der Waals surface area contributed by atoms with Gasteiger partial charge in [0.05, 0.1) is 17.9 Å². The van der Waals surface area contributed by atoms with Crippen LogP contribution in [0.25, 0.3) is 0 Å². The van der Waals surface area contributed by atoms with Crippen molar-refractivity contribution in [3.8, 4) is 0 Å². The van der Waals surface area contributed by atoms with E-state index in [0.717, 1.165) is 12.8 Å². The third kappa shape index (κ3) is 3.53. The molecule has 24 heavy (non-hydrogen) atoms. The molecule has 2 saturated heterocycles. The summed E-state index contributed by atoms with van der Waals surface area (Å²) in [5, 5.41) is 5.78. The summed E-state index contributed by atoms with van der Waals surface area (Å²) in [6, 6.07) is 8.35. The van der Waals surface area contributed by atoms with Crippen LogP contribution in [-0.4, -0.2) is 48.7 Å². The van der Waals surface area contributed by atoms with E-state index in [-0.39, 0.29) is 11.9 Å². The van der Waals surface area contributed by atoms with E-state index in [9.17, 15) is 9.59 Å². The Morgan fingerprint density at radius 3 is 2.54 bits per heavy atom. The van der Waals surface area contributed by atoms with E-state index in [0.29, 0.717) is 29.9 Å². The van der Waals surface area contributed by atoms with Crippen LogP contribution in [0.1, 0.15) is 43.0 Å². The fourth-order valence-corrected chi connectivity index (χ4v) is 3.86. The van der Waals surface area contributed by atoms with Crippen molar-refractivity contribution in [2.24, 2.45) is 0 Å². The molecule has 0 aliphatic carbocycles. The molecule has 2 N–H and O–H groups in total. The number of fused-ring (bicyclic) bond motifs is 2. The van der Waals surface area contributed by atoms with Gasteiger partial charge in [-0.15, -0.1) is 0 Å². The van der Waals surface area contributed by atoms with Crippen molar-refractivity contribution in [2.45, 2.75) is 50.7 Å². The summed E-state index contributed by atoms with van der Waals surface area (Å²) in [6.07, 6.45) is 3.87. The van der Waals surface area contributed by atoms with Gasteiger partial charge >= 0.3 is 6.09 Å². The molecule has 2 aliphatic heterocycles. The van der Waals surface area contributed by atoms with Gasteiger partial charge in [-0.05, 0) is 51.8 Å². The molecule has 2 aliphatic rings. The van der Waals surface area contributed by atoms with Gasteiger partial charge in [0.1, 0.15) is 0 Å². The van der Waals surface area contributed by atoms with Crippen LogP contribution in [0.4, 0.5) is 10.5 Å².